The van der Waals surface area contributed by atoms with E-state index in [4.69, 9.17) is 4.74 Å². The van der Waals surface area contributed by atoms with Crippen LogP contribution in [0.25, 0.3) is 10.9 Å². The van der Waals surface area contributed by atoms with Crippen molar-refractivity contribution in [1.29, 1.82) is 0 Å². The Balaban J connectivity index is 1.63. The number of aromatic nitrogens is 1. The summed E-state index contributed by atoms with van der Waals surface area (Å²) < 4.78 is 32.8. The van der Waals surface area contributed by atoms with Gasteiger partial charge in [-0.25, -0.2) is 8.42 Å². The molecule has 1 aliphatic rings. The lowest BCUT2D eigenvalue weighted by atomic mass is 9.89. The van der Waals surface area contributed by atoms with Crippen molar-refractivity contribution in [3.8, 4) is 0 Å². The third-order valence-electron chi connectivity index (χ3n) is 5.44. The maximum absolute atomic E-state index is 13.3. The van der Waals surface area contributed by atoms with Crippen LogP contribution in [-0.2, 0) is 26.0 Å². The van der Waals surface area contributed by atoms with E-state index in [9.17, 15) is 13.2 Å². The van der Waals surface area contributed by atoms with E-state index in [0.717, 1.165) is 16.5 Å². The van der Waals surface area contributed by atoms with Crippen LogP contribution in [0.5, 0.6) is 0 Å². The van der Waals surface area contributed by atoms with E-state index < -0.39 is 15.3 Å². The lowest BCUT2D eigenvalue weighted by Gasteiger charge is -2.29. The first kappa shape index (κ1) is 18.9. The summed E-state index contributed by atoms with van der Waals surface area (Å²) in [6.07, 6.45) is 3.79. The molecule has 5 nitrogen and oxygen atoms in total. The third kappa shape index (κ3) is 3.75. The Morgan fingerprint density at radius 1 is 1.00 bits per heavy atom. The summed E-state index contributed by atoms with van der Waals surface area (Å²) >= 11 is 0. The molecule has 0 aliphatic heterocycles. The van der Waals surface area contributed by atoms with Gasteiger partial charge >= 0.3 is 0 Å². The summed E-state index contributed by atoms with van der Waals surface area (Å²) in [4.78, 5) is 15.1. The van der Waals surface area contributed by atoms with Crippen LogP contribution in [0.15, 0.2) is 65.7 Å². The number of carbonyl (C=O) groups is 1. The van der Waals surface area contributed by atoms with Crippen molar-refractivity contribution in [2.75, 3.05) is 0 Å². The van der Waals surface area contributed by atoms with Gasteiger partial charge in [0.05, 0.1) is 11.5 Å². The molecule has 1 N–H and O–H groups in total. The minimum absolute atomic E-state index is 0.187. The highest BCUT2D eigenvalue weighted by molar-refractivity contribution is 7.92. The van der Waals surface area contributed by atoms with Crippen LogP contribution in [0.2, 0.25) is 0 Å². The third-order valence-corrected chi connectivity index (χ3v) is 7.50. The van der Waals surface area contributed by atoms with Crippen LogP contribution in [0.3, 0.4) is 0 Å². The van der Waals surface area contributed by atoms with Gasteiger partial charge in [0.2, 0.25) is 9.84 Å². The topological polar surface area (TPSA) is 76.2 Å². The van der Waals surface area contributed by atoms with Crippen molar-refractivity contribution in [1.82, 2.24) is 4.98 Å². The minimum atomic E-state index is -3.67. The molecule has 4 rings (SSSR count). The largest absolute Gasteiger partial charge is 0.361 e. The molecule has 1 saturated carbocycles. The first-order valence-electron chi connectivity index (χ1n) is 9.53. The fraction of sp³-hybridized carbons (Fsp3) is 0.318. The number of rotatable bonds is 6. The highest BCUT2D eigenvalue weighted by atomic mass is 32.2. The van der Waals surface area contributed by atoms with Crippen LogP contribution in [0.4, 0.5) is 0 Å². The predicted octanol–water partition coefficient (Wildman–Crippen LogP) is 4.24. The average Bonchev–Trinajstić information content (AvgIpc) is 3.20. The lowest BCUT2D eigenvalue weighted by molar-refractivity contribution is -0.121. The van der Waals surface area contributed by atoms with E-state index in [1.54, 1.807) is 30.3 Å². The molecule has 6 heteroatoms. The SMILES string of the molecule is O=C1CCC(C(OCc2cccc3[nH]ccc23)S(=O)(=O)c2ccccc2)CC1. The molecule has 1 unspecified atom stereocenters. The number of benzene rings is 2. The quantitative estimate of drug-likeness (QED) is 0.675. The second-order valence-electron chi connectivity index (χ2n) is 7.27. The van der Waals surface area contributed by atoms with Crippen LogP contribution in [0, 0.1) is 5.92 Å². The standard InChI is InChI=1S/C22H23NO4S/c24-18-11-9-16(10-12-18)22(28(25,26)19-6-2-1-3-7-19)27-15-17-5-4-8-21-20(17)13-14-23-21/h1-8,13-14,16,22-23H,9-12,15H2. The summed E-state index contributed by atoms with van der Waals surface area (Å²) in [6, 6.07) is 16.3. The van der Waals surface area contributed by atoms with Gasteiger partial charge in [-0.1, -0.05) is 30.3 Å². The molecule has 0 saturated heterocycles. The smallest absolute Gasteiger partial charge is 0.205 e. The number of nitrogens with one attached hydrogen (secondary N) is 1. The Kier molecular flexibility index (Phi) is 5.33. The Labute approximate surface area is 164 Å². The van der Waals surface area contributed by atoms with Gasteiger partial charge in [0, 0.05) is 35.9 Å². The monoisotopic (exact) mass is 397 g/mol. The zero-order chi connectivity index (χ0) is 19.6. The molecule has 28 heavy (non-hydrogen) atoms. The highest BCUT2D eigenvalue weighted by Crippen LogP contribution is 2.33. The normalized spacial score (nSPS) is 17.1. The van der Waals surface area contributed by atoms with Gasteiger partial charge in [-0.15, -0.1) is 0 Å². The number of ketones is 1. The van der Waals surface area contributed by atoms with E-state index in [0.29, 0.717) is 25.7 Å². The molecule has 1 aromatic heterocycles. The summed E-state index contributed by atoms with van der Waals surface area (Å²) in [6.45, 7) is 0.205. The van der Waals surface area contributed by atoms with E-state index in [1.165, 1.54) is 0 Å². The Bertz CT molecular complexity index is 1060. The summed E-state index contributed by atoms with van der Waals surface area (Å²) in [7, 11) is -3.67. The average molecular weight is 397 g/mol. The number of carbonyl (C=O) groups excluding carboxylic acids is 1. The zero-order valence-electron chi connectivity index (χ0n) is 15.5. The van der Waals surface area contributed by atoms with Crippen LogP contribution in [-0.4, -0.2) is 24.6 Å². The predicted molar refractivity (Wildman–Crippen MR) is 107 cm³/mol. The first-order chi connectivity index (χ1) is 13.6. The molecule has 0 bridgehead atoms. The number of hydrogen-bond acceptors (Lipinski definition) is 4. The molecule has 146 valence electrons. The maximum Gasteiger partial charge on any atom is 0.205 e. The summed E-state index contributed by atoms with van der Waals surface area (Å²) in [5.41, 5.74) is 0.975. The van der Waals surface area contributed by atoms with Gasteiger partial charge in [-0.2, -0.15) is 0 Å². The van der Waals surface area contributed by atoms with E-state index >= 15 is 0 Å². The van der Waals surface area contributed by atoms with Crippen molar-refractivity contribution in [3.63, 3.8) is 0 Å². The maximum atomic E-state index is 13.3. The molecule has 1 fully saturated rings. The number of ether oxygens (including phenoxy) is 1. The molecule has 0 spiro atoms. The van der Waals surface area contributed by atoms with Gasteiger partial charge in [-0.3, -0.25) is 4.79 Å². The molecule has 2 aromatic carbocycles. The molecule has 1 aliphatic carbocycles. The van der Waals surface area contributed by atoms with Gasteiger partial charge in [-0.05, 0) is 42.7 Å². The molecular weight excluding hydrogens is 374 g/mol. The van der Waals surface area contributed by atoms with Crippen molar-refractivity contribution < 1.29 is 17.9 Å². The summed E-state index contributed by atoms with van der Waals surface area (Å²) in [5, 5.41) is 1.03. The highest BCUT2D eigenvalue weighted by Gasteiger charge is 2.37. The van der Waals surface area contributed by atoms with Crippen LogP contribution >= 0.6 is 0 Å². The number of fused-ring (bicyclic) bond motifs is 1. The minimum Gasteiger partial charge on any atom is -0.361 e. The van der Waals surface area contributed by atoms with E-state index in [2.05, 4.69) is 4.98 Å². The van der Waals surface area contributed by atoms with Crippen molar-refractivity contribution in [2.45, 2.75) is 42.6 Å². The number of aromatic amines is 1. The molecule has 0 radical (unpaired) electrons. The van der Waals surface area contributed by atoms with Gasteiger partial charge in [0.25, 0.3) is 0 Å². The van der Waals surface area contributed by atoms with Crippen molar-refractivity contribution >= 4 is 26.5 Å². The molecular formula is C22H23NO4S. The number of H-pyrrole nitrogens is 1. The summed E-state index contributed by atoms with van der Waals surface area (Å²) in [5.74, 6) is 0.0116. The Hall–Kier alpha value is -2.44. The fourth-order valence-electron chi connectivity index (χ4n) is 3.91. The fourth-order valence-corrected chi connectivity index (χ4v) is 5.74. The molecule has 3 aromatic rings. The number of Topliss-reactive ketones (excluding diaryl/α,β-unsaturated/α-hetero) is 1. The molecule has 1 atom stereocenters. The second kappa shape index (κ2) is 7.89. The Morgan fingerprint density at radius 2 is 1.75 bits per heavy atom. The molecule has 0 amide bonds. The van der Waals surface area contributed by atoms with Crippen molar-refractivity contribution in [2.24, 2.45) is 5.92 Å². The molecule has 1 heterocycles. The Morgan fingerprint density at radius 3 is 2.50 bits per heavy atom. The van der Waals surface area contributed by atoms with Crippen LogP contribution in [0.1, 0.15) is 31.2 Å². The number of hydrogen-bond donors (Lipinski definition) is 1. The second-order valence-corrected chi connectivity index (χ2v) is 9.30. The van der Waals surface area contributed by atoms with Gasteiger partial charge in [0.1, 0.15) is 5.78 Å². The number of sulfone groups is 1. The van der Waals surface area contributed by atoms with E-state index in [-0.39, 0.29) is 23.2 Å². The van der Waals surface area contributed by atoms with Crippen molar-refractivity contribution in [3.05, 3.63) is 66.4 Å². The van der Waals surface area contributed by atoms with Gasteiger partial charge < -0.3 is 9.72 Å². The lowest BCUT2D eigenvalue weighted by Crippen LogP contribution is -2.35. The first-order valence-corrected chi connectivity index (χ1v) is 11.1. The van der Waals surface area contributed by atoms with E-state index in [1.807, 2.05) is 30.5 Å². The van der Waals surface area contributed by atoms with Crippen LogP contribution < -0.4 is 0 Å². The zero-order valence-corrected chi connectivity index (χ0v) is 16.3. The van der Waals surface area contributed by atoms with Gasteiger partial charge in [0.15, 0.2) is 5.44 Å².